The van der Waals surface area contributed by atoms with E-state index in [9.17, 15) is 9.90 Å². The van der Waals surface area contributed by atoms with Gasteiger partial charge in [0.05, 0.1) is 24.5 Å². The van der Waals surface area contributed by atoms with E-state index in [-0.39, 0.29) is 6.61 Å². The van der Waals surface area contributed by atoms with Crippen molar-refractivity contribution in [2.75, 3.05) is 24.7 Å². The number of carboxylic acids is 1. The predicted molar refractivity (Wildman–Crippen MR) is 65.5 cm³/mol. The van der Waals surface area contributed by atoms with Crippen molar-refractivity contribution in [1.29, 1.82) is 5.26 Å². The summed E-state index contributed by atoms with van der Waals surface area (Å²) in [5.74, 6) is -0.930. The third-order valence-electron chi connectivity index (χ3n) is 3.00. The maximum Gasteiger partial charge on any atom is 0.328 e. The van der Waals surface area contributed by atoms with E-state index in [0.717, 1.165) is 5.56 Å². The summed E-state index contributed by atoms with van der Waals surface area (Å²) in [6.45, 7) is 3.02. The number of aryl methyl sites for hydroxylation is 1. The molecule has 5 nitrogen and oxygen atoms in total. The largest absolute Gasteiger partial charge is 0.480 e. The predicted octanol–water partition coefficient (Wildman–Crippen LogP) is 1.16. The van der Waals surface area contributed by atoms with Crippen LogP contribution in [0.2, 0.25) is 0 Å². The summed E-state index contributed by atoms with van der Waals surface area (Å²) in [5, 5.41) is 18.3. The number of benzene rings is 1. The number of morpholine rings is 1. The Kier molecular flexibility index (Phi) is 3.49. The maximum absolute atomic E-state index is 11.2. The second kappa shape index (κ2) is 5.07. The van der Waals surface area contributed by atoms with Crippen molar-refractivity contribution in [2.24, 2.45) is 0 Å². The van der Waals surface area contributed by atoms with Crippen LogP contribution in [0.4, 0.5) is 5.69 Å². The van der Waals surface area contributed by atoms with E-state index in [1.54, 1.807) is 11.0 Å². The minimum atomic E-state index is -0.930. The first-order valence-corrected chi connectivity index (χ1v) is 5.71. The zero-order chi connectivity index (χ0) is 13.1. The summed E-state index contributed by atoms with van der Waals surface area (Å²) < 4.78 is 5.19. The average molecular weight is 246 g/mol. The molecule has 0 spiro atoms. The number of rotatable bonds is 2. The fourth-order valence-corrected chi connectivity index (χ4v) is 2.07. The lowest BCUT2D eigenvalue weighted by molar-refractivity contribution is -0.141. The Morgan fingerprint density at radius 2 is 2.39 bits per heavy atom. The second-order valence-corrected chi connectivity index (χ2v) is 4.25. The SMILES string of the molecule is Cc1ccc(C#N)c(N2CCOCC2C(=O)O)c1. The zero-order valence-electron chi connectivity index (χ0n) is 10.1. The molecule has 1 heterocycles. The van der Waals surface area contributed by atoms with E-state index in [1.165, 1.54) is 0 Å². The molecule has 1 fully saturated rings. The quantitative estimate of drug-likeness (QED) is 0.847. The minimum Gasteiger partial charge on any atom is -0.480 e. The van der Waals surface area contributed by atoms with Gasteiger partial charge in [-0.05, 0) is 24.6 Å². The highest BCUT2D eigenvalue weighted by Crippen LogP contribution is 2.25. The Hall–Kier alpha value is -2.06. The van der Waals surface area contributed by atoms with Crippen molar-refractivity contribution in [3.05, 3.63) is 29.3 Å². The molecule has 1 atom stereocenters. The van der Waals surface area contributed by atoms with Crippen molar-refractivity contribution in [3.8, 4) is 6.07 Å². The van der Waals surface area contributed by atoms with Gasteiger partial charge >= 0.3 is 5.97 Å². The van der Waals surface area contributed by atoms with E-state index in [4.69, 9.17) is 10.00 Å². The number of anilines is 1. The average Bonchev–Trinajstić information content (AvgIpc) is 2.38. The Bertz CT molecular complexity index is 507. The number of carboxylic acid groups (broad SMARTS) is 1. The van der Waals surface area contributed by atoms with Crippen LogP contribution in [0.3, 0.4) is 0 Å². The van der Waals surface area contributed by atoms with Gasteiger partial charge in [-0.1, -0.05) is 6.07 Å². The molecule has 94 valence electrons. The molecule has 0 aromatic heterocycles. The Balaban J connectivity index is 2.42. The molecule has 1 aliphatic heterocycles. The minimum absolute atomic E-state index is 0.147. The summed E-state index contributed by atoms with van der Waals surface area (Å²) in [6, 6.07) is 6.79. The van der Waals surface area contributed by atoms with Crippen LogP contribution in [0.5, 0.6) is 0 Å². The molecule has 0 saturated carbocycles. The standard InChI is InChI=1S/C13H14N2O3/c1-9-2-3-10(7-14)11(6-9)15-4-5-18-8-12(15)13(16)17/h2-3,6,12H,4-5,8H2,1H3,(H,16,17). The molecule has 0 amide bonds. The van der Waals surface area contributed by atoms with Crippen LogP contribution < -0.4 is 4.90 Å². The first kappa shape index (κ1) is 12.4. The highest BCUT2D eigenvalue weighted by Gasteiger charge is 2.30. The topological polar surface area (TPSA) is 73.6 Å². The molecular weight excluding hydrogens is 232 g/mol. The molecule has 0 aliphatic carbocycles. The molecule has 0 bridgehead atoms. The summed E-state index contributed by atoms with van der Waals surface area (Å²) >= 11 is 0. The molecule has 1 aromatic carbocycles. The second-order valence-electron chi connectivity index (χ2n) is 4.25. The van der Waals surface area contributed by atoms with E-state index in [0.29, 0.717) is 24.4 Å². The highest BCUT2D eigenvalue weighted by molar-refractivity contribution is 5.80. The normalized spacial score (nSPS) is 19.3. The molecule has 1 aliphatic rings. The first-order chi connectivity index (χ1) is 8.63. The number of nitriles is 1. The van der Waals surface area contributed by atoms with E-state index >= 15 is 0 Å². The van der Waals surface area contributed by atoms with Gasteiger partial charge in [-0.25, -0.2) is 4.79 Å². The number of carbonyl (C=O) groups is 1. The maximum atomic E-state index is 11.2. The van der Waals surface area contributed by atoms with Gasteiger partial charge in [-0.2, -0.15) is 5.26 Å². The number of ether oxygens (including phenoxy) is 1. The lowest BCUT2D eigenvalue weighted by Gasteiger charge is -2.35. The van der Waals surface area contributed by atoms with Gasteiger partial charge < -0.3 is 14.7 Å². The Labute approximate surface area is 105 Å². The molecule has 1 N–H and O–H groups in total. The molecule has 18 heavy (non-hydrogen) atoms. The lowest BCUT2D eigenvalue weighted by atomic mass is 10.1. The van der Waals surface area contributed by atoms with Crippen LogP contribution in [-0.4, -0.2) is 36.9 Å². The van der Waals surface area contributed by atoms with Crippen LogP contribution in [0.1, 0.15) is 11.1 Å². The van der Waals surface area contributed by atoms with Gasteiger partial charge in [0.15, 0.2) is 6.04 Å². The molecule has 0 radical (unpaired) electrons. The number of hydrogen-bond acceptors (Lipinski definition) is 4. The first-order valence-electron chi connectivity index (χ1n) is 5.71. The zero-order valence-corrected chi connectivity index (χ0v) is 10.1. The third-order valence-corrected chi connectivity index (χ3v) is 3.00. The smallest absolute Gasteiger partial charge is 0.328 e. The van der Waals surface area contributed by atoms with E-state index in [1.807, 2.05) is 19.1 Å². The third kappa shape index (κ3) is 2.29. The van der Waals surface area contributed by atoms with E-state index < -0.39 is 12.0 Å². The molecule has 2 rings (SSSR count). The van der Waals surface area contributed by atoms with Gasteiger partial charge in [-0.3, -0.25) is 0 Å². The van der Waals surface area contributed by atoms with Gasteiger partial charge in [0.1, 0.15) is 6.07 Å². The Morgan fingerprint density at radius 1 is 1.61 bits per heavy atom. The van der Waals surface area contributed by atoms with Gasteiger partial charge in [0.2, 0.25) is 0 Å². The Morgan fingerprint density at radius 3 is 3.06 bits per heavy atom. The number of nitrogens with zero attached hydrogens (tertiary/aromatic N) is 2. The van der Waals surface area contributed by atoms with Crippen LogP contribution in [0.15, 0.2) is 18.2 Å². The monoisotopic (exact) mass is 246 g/mol. The van der Waals surface area contributed by atoms with Crippen molar-refractivity contribution in [1.82, 2.24) is 0 Å². The lowest BCUT2D eigenvalue weighted by Crippen LogP contribution is -2.50. The van der Waals surface area contributed by atoms with Crippen LogP contribution in [-0.2, 0) is 9.53 Å². The fourth-order valence-electron chi connectivity index (χ4n) is 2.07. The fraction of sp³-hybridized carbons (Fsp3) is 0.385. The van der Waals surface area contributed by atoms with E-state index in [2.05, 4.69) is 6.07 Å². The van der Waals surface area contributed by atoms with Crippen molar-refractivity contribution in [3.63, 3.8) is 0 Å². The van der Waals surface area contributed by atoms with Crippen LogP contribution in [0, 0.1) is 18.3 Å². The van der Waals surface area contributed by atoms with Gasteiger partial charge in [-0.15, -0.1) is 0 Å². The molecular formula is C13H14N2O3. The van der Waals surface area contributed by atoms with Gasteiger partial charge in [0, 0.05) is 6.54 Å². The molecule has 5 heteroatoms. The summed E-state index contributed by atoms with van der Waals surface area (Å²) in [5.41, 5.74) is 2.17. The van der Waals surface area contributed by atoms with Crippen molar-refractivity contribution >= 4 is 11.7 Å². The van der Waals surface area contributed by atoms with Gasteiger partial charge in [0.25, 0.3) is 0 Å². The van der Waals surface area contributed by atoms with Crippen molar-refractivity contribution < 1.29 is 14.6 Å². The van der Waals surface area contributed by atoms with Crippen molar-refractivity contribution in [2.45, 2.75) is 13.0 Å². The summed E-state index contributed by atoms with van der Waals surface area (Å²) in [7, 11) is 0. The summed E-state index contributed by atoms with van der Waals surface area (Å²) in [4.78, 5) is 13.0. The molecule has 1 unspecified atom stereocenters. The molecule has 1 saturated heterocycles. The number of hydrogen-bond donors (Lipinski definition) is 1. The highest BCUT2D eigenvalue weighted by atomic mass is 16.5. The molecule has 1 aromatic rings. The van der Waals surface area contributed by atoms with Crippen LogP contribution >= 0.6 is 0 Å². The number of aliphatic carboxylic acids is 1. The van der Waals surface area contributed by atoms with Crippen LogP contribution in [0.25, 0.3) is 0 Å². The summed E-state index contributed by atoms with van der Waals surface area (Å²) in [6.07, 6.45) is 0.